The topological polar surface area (TPSA) is 17.1 Å². The van der Waals surface area contributed by atoms with Crippen LogP contribution < -0.4 is 0 Å². The lowest BCUT2D eigenvalue weighted by Gasteiger charge is -2.15. The van der Waals surface area contributed by atoms with Crippen LogP contribution >= 0.6 is 11.6 Å². The molecule has 92 valence electrons. The Bertz CT molecular complexity index is 563. The van der Waals surface area contributed by atoms with Crippen LogP contribution in [0.25, 0.3) is 0 Å². The Hall–Kier alpha value is -1.67. The third-order valence-electron chi connectivity index (χ3n) is 2.79. The lowest BCUT2D eigenvalue weighted by atomic mass is 9.88. The molecule has 0 spiro atoms. The van der Waals surface area contributed by atoms with Crippen molar-refractivity contribution in [3.05, 3.63) is 70.5 Å². The van der Waals surface area contributed by atoms with Gasteiger partial charge in [0.25, 0.3) is 0 Å². The third kappa shape index (κ3) is 2.77. The van der Waals surface area contributed by atoms with Gasteiger partial charge in [0.15, 0.2) is 0 Å². The molecule has 0 saturated heterocycles. The first-order valence-electron chi connectivity index (χ1n) is 5.59. The molecule has 0 bridgehead atoms. The molecule has 1 unspecified atom stereocenters. The summed E-state index contributed by atoms with van der Waals surface area (Å²) in [4.78, 5) is 11.8. The Balaban J connectivity index is 2.46. The minimum absolute atomic E-state index is 0.0251. The largest absolute Gasteiger partial charge is 0.299 e. The Labute approximate surface area is 110 Å². The summed E-state index contributed by atoms with van der Waals surface area (Å²) in [5, 5.41) is 0.611. The van der Waals surface area contributed by atoms with Gasteiger partial charge in [0.1, 0.15) is 11.6 Å². The van der Waals surface area contributed by atoms with Gasteiger partial charge in [-0.1, -0.05) is 35.9 Å². The van der Waals surface area contributed by atoms with Crippen LogP contribution in [-0.4, -0.2) is 5.78 Å². The molecule has 2 rings (SSSR count). The fourth-order valence-electron chi connectivity index (χ4n) is 2.00. The number of hydrogen-bond donors (Lipinski definition) is 0. The highest BCUT2D eigenvalue weighted by Crippen LogP contribution is 2.27. The standard InChI is InChI=1S/C15H12ClFO/c1-10(18)15(11-5-7-13(16)8-6-11)12-3-2-4-14(17)9-12/h2-9,15H,1H3. The van der Waals surface area contributed by atoms with E-state index in [2.05, 4.69) is 0 Å². The van der Waals surface area contributed by atoms with Crippen LogP contribution in [0.1, 0.15) is 24.0 Å². The first-order valence-corrected chi connectivity index (χ1v) is 5.97. The summed E-state index contributed by atoms with van der Waals surface area (Å²) in [6.07, 6.45) is 0. The number of halogens is 2. The van der Waals surface area contributed by atoms with Crippen molar-refractivity contribution < 1.29 is 9.18 Å². The predicted octanol–water partition coefficient (Wildman–Crippen LogP) is 4.20. The van der Waals surface area contributed by atoms with Crippen molar-refractivity contribution in [2.75, 3.05) is 0 Å². The minimum Gasteiger partial charge on any atom is -0.299 e. The van der Waals surface area contributed by atoms with Crippen molar-refractivity contribution in [1.82, 2.24) is 0 Å². The molecule has 0 radical (unpaired) electrons. The summed E-state index contributed by atoms with van der Waals surface area (Å²) in [6.45, 7) is 1.50. The van der Waals surface area contributed by atoms with Crippen LogP contribution in [0.4, 0.5) is 4.39 Å². The van der Waals surface area contributed by atoms with Gasteiger partial charge in [0, 0.05) is 5.02 Å². The Morgan fingerprint density at radius 1 is 1.11 bits per heavy atom. The third-order valence-corrected chi connectivity index (χ3v) is 3.04. The zero-order valence-electron chi connectivity index (χ0n) is 9.86. The van der Waals surface area contributed by atoms with Crippen LogP contribution in [-0.2, 0) is 4.79 Å². The molecule has 3 heteroatoms. The molecule has 0 saturated carbocycles. The zero-order chi connectivity index (χ0) is 13.1. The van der Waals surface area contributed by atoms with Gasteiger partial charge in [0.2, 0.25) is 0 Å². The number of ketones is 1. The van der Waals surface area contributed by atoms with Crippen LogP contribution in [0.5, 0.6) is 0 Å². The van der Waals surface area contributed by atoms with Crippen molar-refractivity contribution >= 4 is 17.4 Å². The lowest BCUT2D eigenvalue weighted by molar-refractivity contribution is -0.117. The number of rotatable bonds is 3. The summed E-state index contributed by atoms with van der Waals surface area (Å²) in [6, 6.07) is 13.2. The van der Waals surface area contributed by atoms with Crippen molar-refractivity contribution in [1.29, 1.82) is 0 Å². The van der Waals surface area contributed by atoms with E-state index in [0.29, 0.717) is 10.6 Å². The van der Waals surface area contributed by atoms with Gasteiger partial charge in [-0.3, -0.25) is 4.79 Å². The van der Waals surface area contributed by atoms with Gasteiger partial charge < -0.3 is 0 Å². The molecule has 0 aliphatic heterocycles. The zero-order valence-corrected chi connectivity index (χ0v) is 10.6. The highest BCUT2D eigenvalue weighted by molar-refractivity contribution is 6.30. The number of hydrogen-bond acceptors (Lipinski definition) is 1. The maximum absolute atomic E-state index is 13.2. The normalized spacial score (nSPS) is 12.2. The molecule has 0 aliphatic carbocycles. The number of Topliss-reactive ketones (excluding diaryl/α,β-unsaturated/α-hetero) is 1. The van der Waals surface area contributed by atoms with Crippen molar-refractivity contribution in [2.24, 2.45) is 0 Å². The molecular weight excluding hydrogens is 251 g/mol. The fraction of sp³-hybridized carbons (Fsp3) is 0.133. The van der Waals surface area contributed by atoms with Gasteiger partial charge in [-0.05, 0) is 42.3 Å². The first kappa shape index (κ1) is 12.8. The number of benzene rings is 2. The van der Waals surface area contributed by atoms with Crippen molar-refractivity contribution in [3.8, 4) is 0 Å². The lowest BCUT2D eigenvalue weighted by Crippen LogP contribution is -2.10. The van der Waals surface area contributed by atoms with Crippen molar-refractivity contribution in [3.63, 3.8) is 0 Å². The monoisotopic (exact) mass is 262 g/mol. The van der Waals surface area contributed by atoms with E-state index in [0.717, 1.165) is 5.56 Å². The van der Waals surface area contributed by atoms with E-state index in [1.165, 1.54) is 19.1 Å². The second-order valence-electron chi connectivity index (χ2n) is 4.15. The smallest absolute Gasteiger partial charge is 0.141 e. The van der Waals surface area contributed by atoms with E-state index < -0.39 is 5.92 Å². The molecule has 0 N–H and O–H groups in total. The Kier molecular flexibility index (Phi) is 3.78. The van der Waals surface area contributed by atoms with Gasteiger partial charge >= 0.3 is 0 Å². The molecule has 1 atom stereocenters. The van der Waals surface area contributed by atoms with E-state index in [4.69, 9.17) is 11.6 Å². The second kappa shape index (κ2) is 5.32. The fourth-order valence-corrected chi connectivity index (χ4v) is 2.13. The highest BCUT2D eigenvalue weighted by atomic mass is 35.5. The van der Waals surface area contributed by atoms with E-state index in [1.54, 1.807) is 36.4 Å². The van der Waals surface area contributed by atoms with Gasteiger partial charge in [-0.15, -0.1) is 0 Å². The number of carbonyl (C=O) groups is 1. The minimum atomic E-state index is -0.446. The molecule has 0 aliphatic rings. The summed E-state index contributed by atoms with van der Waals surface area (Å²) in [7, 11) is 0. The summed E-state index contributed by atoms with van der Waals surface area (Å²) in [5.74, 6) is -0.811. The molecule has 2 aromatic rings. The second-order valence-corrected chi connectivity index (χ2v) is 4.59. The number of carbonyl (C=O) groups excluding carboxylic acids is 1. The maximum Gasteiger partial charge on any atom is 0.141 e. The van der Waals surface area contributed by atoms with Crippen LogP contribution in [0.2, 0.25) is 5.02 Å². The SMILES string of the molecule is CC(=O)C(c1ccc(Cl)cc1)c1cccc(F)c1. The van der Waals surface area contributed by atoms with Gasteiger partial charge in [-0.25, -0.2) is 4.39 Å². The average molecular weight is 263 g/mol. The van der Waals surface area contributed by atoms with Gasteiger partial charge in [0.05, 0.1) is 5.92 Å². The molecular formula is C15H12ClFO. The molecule has 0 fully saturated rings. The average Bonchev–Trinajstić information content (AvgIpc) is 2.32. The van der Waals surface area contributed by atoms with Crippen LogP contribution in [0.15, 0.2) is 48.5 Å². The molecule has 0 amide bonds. The van der Waals surface area contributed by atoms with E-state index >= 15 is 0 Å². The van der Waals surface area contributed by atoms with Crippen LogP contribution in [0.3, 0.4) is 0 Å². The predicted molar refractivity (Wildman–Crippen MR) is 70.4 cm³/mol. The van der Waals surface area contributed by atoms with Crippen LogP contribution in [0, 0.1) is 5.82 Å². The van der Waals surface area contributed by atoms with E-state index in [1.807, 2.05) is 0 Å². The summed E-state index contributed by atoms with van der Waals surface area (Å²) in [5.41, 5.74) is 1.47. The molecule has 18 heavy (non-hydrogen) atoms. The van der Waals surface area contributed by atoms with Crippen molar-refractivity contribution in [2.45, 2.75) is 12.8 Å². The highest BCUT2D eigenvalue weighted by Gasteiger charge is 2.19. The van der Waals surface area contributed by atoms with E-state index in [-0.39, 0.29) is 11.6 Å². The molecule has 0 aromatic heterocycles. The summed E-state index contributed by atoms with van der Waals surface area (Å²) >= 11 is 5.82. The Morgan fingerprint density at radius 3 is 2.33 bits per heavy atom. The Morgan fingerprint density at radius 2 is 1.78 bits per heavy atom. The maximum atomic E-state index is 13.2. The van der Waals surface area contributed by atoms with Gasteiger partial charge in [-0.2, -0.15) is 0 Å². The molecule has 1 nitrogen and oxygen atoms in total. The molecule has 2 aromatic carbocycles. The quantitative estimate of drug-likeness (QED) is 0.810. The molecule has 0 heterocycles. The summed E-state index contributed by atoms with van der Waals surface area (Å²) < 4.78 is 13.2. The first-order chi connectivity index (χ1) is 8.58. The van der Waals surface area contributed by atoms with E-state index in [9.17, 15) is 9.18 Å².